The summed E-state index contributed by atoms with van der Waals surface area (Å²) in [5.41, 5.74) is -1.81. The molecule has 1 aromatic rings. The van der Waals surface area contributed by atoms with E-state index in [4.69, 9.17) is 9.26 Å². The van der Waals surface area contributed by atoms with E-state index in [2.05, 4.69) is 23.2 Å². The molecule has 0 amide bonds. The second kappa shape index (κ2) is 6.78. The molecule has 0 spiro atoms. The van der Waals surface area contributed by atoms with Gasteiger partial charge in [-0.05, 0) is 6.07 Å². The summed E-state index contributed by atoms with van der Waals surface area (Å²) < 4.78 is 58.9. The number of fused-ring (bicyclic) bond motifs is 1. The number of anilines is 1. The van der Waals surface area contributed by atoms with Gasteiger partial charge in [-0.2, -0.15) is 17.9 Å². The van der Waals surface area contributed by atoms with Crippen LogP contribution in [-0.4, -0.2) is 50.3 Å². The van der Waals surface area contributed by atoms with Gasteiger partial charge in [-0.15, -0.1) is 0 Å². The van der Waals surface area contributed by atoms with Crippen LogP contribution in [0.4, 0.5) is 5.82 Å². The van der Waals surface area contributed by atoms with Crippen molar-refractivity contribution in [1.82, 2.24) is 9.55 Å². The van der Waals surface area contributed by atoms with E-state index >= 15 is 0 Å². The molecule has 1 aromatic heterocycles. The van der Waals surface area contributed by atoms with Crippen LogP contribution in [0.3, 0.4) is 0 Å². The van der Waals surface area contributed by atoms with Crippen molar-refractivity contribution in [2.45, 2.75) is 24.4 Å². The topological polar surface area (TPSA) is 205 Å². The zero-order valence-corrected chi connectivity index (χ0v) is 17.2. The number of aromatic nitrogens is 2. The van der Waals surface area contributed by atoms with E-state index in [0.29, 0.717) is 12.2 Å². The highest BCUT2D eigenvalue weighted by molar-refractivity contribution is 7.74. The highest BCUT2D eigenvalue weighted by Gasteiger charge is 2.69. The third-order valence-electron chi connectivity index (χ3n) is 4.56. The summed E-state index contributed by atoms with van der Waals surface area (Å²) in [5.74, 6) is -0.159. The highest BCUT2D eigenvalue weighted by Crippen LogP contribution is 2.80. The Hall–Kier alpha value is -0.950. The number of nitrogens with one attached hydrogen (secondary N) is 1. The molecule has 4 rings (SSSR count). The Morgan fingerprint density at radius 1 is 1.31 bits per heavy atom. The number of phosphoric acid groups is 3. The van der Waals surface area contributed by atoms with Gasteiger partial charge in [0.2, 0.25) is 0 Å². The Morgan fingerprint density at radius 3 is 2.55 bits per heavy atom. The quantitative estimate of drug-likeness (QED) is 0.417. The second-order valence-corrected chi connectivity index (χ2v) is 11.4. The number of hydrogen-bond acceptors (Lipinski definition) is 12. The summed E-state index contributed by atoms with van der Waals surface area (Å²) in [4.78, 5) is 34.5. The largest absolute Gasteiger partial charge is 0.492 e. The molecule has 29 heavy (non-hydrogen) atoms. The first-order valence-electron chi connectivity index (χ1n) is 8.07. The van der Waals surface area contributed by atoms with Crippen LogP contribution in [0.25, 0.3) is 0 Å². The zero-order valence-electron chi connectivity index (χ0n) is 14.6. The molecule has 1 aliphatic carbocycles. The van der Waals surface area contributed by atoms with Gasteiger partial charge >= 0.3 is 29.2 Å². The van der Waals surface area contributed by atoms with Crippen LogP contribution >= 0.6 is 23.5 Å². The van der Waals surface area contributed by atoms with E-state index in [0.717, 1.165) is 0 Å². The molecule has 18 heteroatoms. The van der Waals surface area contributed by atoms with Gasteiger partial charge in [0.15, 0.2) is 5.72 Å². The molecule has 3 unspecified atom stereocenters. The molecule has 2 aliphatic heterocycles. The molecule has 6 atom stereocenters. The lowest BCUT2D eigenvalue weighted by molar-refractivity contribution is -0.0878. The van der Waals surface area contributed by atoms with Gasteiger partial charge in [-0.3, -0.25) is 9.09 Å². The Kier molecular flexibility index (Phi) is 4.97. The van der Waals surface area contributed by atoms with Gasteiger partial charge in [0.05, 0.1) is 12.7 Å². The number of ether oxygens (including phenoxy) is 1. The van der Waals surface area contributed by atoms with Gasteiger partial charge in [0.1, 0.15) is 11.9 Å². The summed E-state index contributed by atoms with van der Waals surface area (Å²) >= 11 is 0. The minimum absolute atomic E-state index is 0.307. The third-order valence-corrected chi connectivity index (χ3v) is 9.92. The zero-order chi connectivity index (χ0) is 21.2. The molecule has 0 bridgehead atoms. The SMILES string of the molecule is CNc1ccn([C@]23CC2[C@@H](O)[C@@H](COP2(=O)OP(=O)(O)OP(=O)(O)O2)O3)c(=O)n1. The fraction of sp³-hybridized carbons (Fsp3) is 0.636. The van der Waals surface area contributed by atoms with E-state index in [9.17, 15) is 33.4 Å². The van der Waals surface area contributed by atoms with Crippen molar-refractivity contribution in [3.8, 4) is 0 Å². The number of rotatable bonds is 5. The van der Waals surface area contributed by atoms with Crippen LogP contribution in [0.2, 0.25) is 0 Å². The van der Waals surface area contributed by atoms with E-state index < -0.39 is 59.6 Å². The lowest BCUT2D eigenvalue weighted by atomic mass is 10.1. The number of nitrogens with zero attached hydrogens (tertiary/aromatic N) is 2. The number of aliphatic hydroxyl groups excluding tert-OH is 1. The maximum absolute atomic E-state index is 12.3. The van der Waals surface area contributed by atoms with Crippen molar-refractivity contribution in [2.24, 2.45) is 5.92 Å². The molecule has 0 aromatic carbocycles. The van der Waals surface area contributed by atoms with Gasteiger partial charge < -0.3 is 24.9 Å². The van der Waals surface area contributed by atoms with Crippen LogP contribution in [0.15, 0.2) is 17.1 Å². The van der Waals surface area contributed by atoms with Gasteiger partial charge in [0, 0.05) is 25.6 Å². The van der Waals surface area contributed by atoms with Crippen molar-refractivity contribution in [2.75, 3.05) is 19.0 Å². The average Bonchev–Trinajstić information content (AvgIpc) is 3.23. The molecule has 15 nitrogen and oxygen atoms in total. The van der Waals surface area contributed by atoms with Crippen molar-refractivity contribution < 1.29 is 50.8 Å². The van der Waals surface area contributed by atoms with Gasteiger partial charge in [-0.1, -0.05) is 0 Å². The predicted molar refractivity (Wildman–Crippen MR) is 91.5 cm³/mol. The van der Waals surface area contributed by atoms with Crippen LogP contribution < -0.4 is 11.0 Å². The Morgan fingerprint density at radius 2 is 1.97 bits per heavy atom. The van der Waals surface area contributed by atoms with E-state index in [1.54, 1.807) is 7.05 Å². The average molecular weight is 475 g/mol. The summed E-state index contributed by atoms with van der Waals surface area (Å²) in [6, 6.07) is 1.53. The van der Waals surface area contributed by atoms with E-state index in [1.165, 1.54) is 16.8 Å². The Bertz CT molecular complexity index is 1020. The standard InChI is InChI=1S/C11H16N3O12P3/c1-12-8-2-3-14(10(16)13-8)11-4-6(11)9(15)7(23-11)5-22-29(21)25-27(17,18)24-28(19,20)26-29/h2-3,6-7,9,15H,4-5H2,1H3,(H,17,18)(H,19,20)(H,12,13,16)/t6?,7-,9-,11+/m1/s1. The predicted octanol–water partition coefficient (Wildman–Crippen LogP) is 0.106. The molecule has 162 valence electrons. The summed E-state index contributed by atoms with van der Waals surface area (Å²) in [6.45, 7) is -0.701. The fourth-order valence-electron chi connectivity index (χ4n) is 3.31. The second-order valence-electron chi connectivity index (χ2n) is 6.44. The normalized spacial score (nSPS) is 46.3. The Labute approximate surface area is 162 Å². The van der Waals surface area contributed by atoms with Crippen molar-refractivity contribution in [3.63, 3.8) is 0 Å². The summed E-state index contributed by atoms with van der Waals surface area (Å²) in [6.07, 6.45) is -0.572. The molecule has 2 saturated heterocycles. The molecule has 3 aliphatic rings. The molecular weight excluding hydrogens is 459 g/mol. The fourth-order valence-corrected chi connectivity index (χ4v) is 8.24. The number of hydrogen-bond donors (Lipinski definition) is 4. The molecule has 4 N–H and O–H groups in total. The maximum atomic E-state index is 12.3. The van der Waals surface area contributed by atoms with Crippen molar-refractivity contribution in [3.05, 3.63) is 22.7 Å². The molecule has 3 fully saturated rings. The first kappa shape index (κ1) is 21.3. The minimum Gasteiger partial charge on any atom is -0.390 e. The van der Waals surface area contributed by atoms with Crippen LogP contribution in [0.5, 0.6) is 0 Å². The van der Waals surface area contributed by atoms with Gasteiger partial charge in [0.25, 0.3) is 0 Å². The first-order chi connectivity index (χ1) is 13.4. The van der Waals surface area contributed by atoms with Crippen LogP contribution in [0, 0.1) is 5.92 Å². The van der Waals surface area contributed by atoms with E-state index in [1.807, 2.05) is 0 Å². The van der Waals surface area contributed by atoms with E-state index in [-0.39, 0.29) is 0 Å². The lowest BCUT2D eigenvalue weighted by Crippen LogP contribution is -2.35. The first-order valence-corrected chi connectivity index (χ1v) is 12.5. The molecule has 3 heterocycles. The maximum Gasteiger partial charge on any atom is 0.492 e. The van der Waals surface area contributed by atoms with Crippen molar-refractivity contribution in [1.29, 1.82) is 0 Å². The number of aliphatic hydroxyl groups is 1. The van der Waals surface area contributed by atoms with Gasteiger partial charge in [-0.25, -0.2) is 18.5 Å². The Balaban J connectivity index is 1.48. The molecule has 1 saturated carbocycles. The van der Waals surface area contributed by atoms with Crippen molar-refractivity contribution >= 4 is 29.3 Å². The molecule has 0 radical (unpaired) electrons. The minimum atomic E-state index is -5.17. The third kappa shape index (κ3) is 3.89. The summed E-state index contributed by atoms with van der Waals surface area (Å²) in [5, 5.41) is 13.1. The highest BCUT2D eigenvalue weighted by atomic mass is 31.3. The smallest absolute Gasteiger partial charge is 0.390 e. The molecular formula is C11H16N3O12P3. The lowest BCUT2D eigenvalue weighted by Gasteiger charge is -2.28. The monoisotopic (exact) mass is 475 g/mol. The van der Waals surface area contributed by atoms with Crippen LogP contribution in [0.1, 0.15) is 6.42 Å². The van der Waals surface area contributed by atoms with Crippen LogP contribution in [-0.2, 0) is 41.6 Å². The summed E-state index contributed by atoms with van der Waals surface area (Å²) in [7, 11) is -13.7.